The number of imidazole rings is 1. The Morgan fingerprint density at radius 3 is 2.04 bits per heavy atom. The Morgan fingerprint density at radius 1 is 0.821 bits per heavy atom. The third-order valence-electron chi connectivity index (χ3n) is 5.19. The van der Waals surface area contributed by atoms with E-state index in [4.69, 9.17) is 4.74 Å². The molecule has 0 saturated heterocycles. The van der Waals surface area contributed by atoms with E-state index in [1.807, 2.05) is 6.92 Å². The van der Waals surface area contributed by atoms with Crippen LogP contribution in [0.3, 0.4) is 0 Å². The minimum atomic E-state index is 0. The van der Waals surface area contributed by atoms with Crippen molar-refractivity contribution in [3.63, 3.8) is 0 Å². The summed E-state index contributed by atoms with van der Waals surface area (Å²) in [5.74, 6) is 1.25. The van der Waals surface area contributed by atoms with Crippen molar-refractivity contribution in [1.29, 1.82) is 0 Å². The van der Waals surface area contributed by atoms with E-state index in [1.165, 1.54) is 75.6 Å². The smallest absolute Gasteiger partial charge is 0.290 e. The minimum absolute atomic E-state index is 0. The van der Waals surface area contributed by atoms with Gasteiger partial charge in [-0.2, -0.15) is 0 Å². The fraction of sp³-hybridized carbons (Fsp3) is 0.625. The number of aryl methyl sites for hydroxylation is 1. The maximum atomic E-state index is 5.65. The summed E-state index contributed by atoms with van der Waals surface area (Å²) >= 11 is 0. The molecule has 0 N–H and O–H groups in total. The summed E-state index contributed by atoms with van der Waals surface area (Å²) in [5.41, 5.74) is 1.26. The third-order valence-corrected chi connectivity index (χ3v) is 5.19. The van der Waals surface area contributed by atoms with Crippen LogP contribution >= 0.6 is 0 Å². The van der Waals surface area contributed by atoms with E-state index < -0.39 is 0 Å². The van der Waals surface area contributed by atoms with Gasteiger partial charge in [0.25, 0.3) is 5.82 Å². The molecule has 2 aromatic rings. The average Bonchev–Trinajstić information content (AvgIpc) is 3.11. The first-order valence-corrected chi connectivity index (χ1v) is 11.1. The lowest BCUT2D eigenvalue weighted by molar-refractivity contribution is -0.722. The van der Waals surface area contributed by atoms with E-state index in [9.17, 15) is 0 Å². The Kier molecular flexibility index (Phi) is 13.8. The standard InChI is InChI=1S/C24H39N2O.ClH/c1-3-5-6-7-8-9-10-11-12-16-19-25-20-21-26(22-27-4-2)24(25)23-17-14-13-15-18-23;/h13-15,17-18,20-21H,3-12,16,19,22H2,1-2H3;1H/q+1;/p-1. The lowest BCUT2D eigenvalue weighted by Gasteiger charge is -2.06. The summed E-state index contributed by atoms with van der Waals surface area (Å²) in [6.07, 6.45) is 18.1. The van der Waals surface area contributed by atoms with Gasteiger partial charge in [-0.25, -0.2) is 9.13 Å². The second kappa shape index (κ2) is 15.6. The number of nitrogens with zero attached hydrogens (tertiary/aromatic N) is 2. The van der Waals surface area contributed by atoms with Gasteiger partial charge in [0.05, 0.1) is 12.1 Å². The molecule has 2 rings (SSSR count). The molecule has 0 aliphatic heterocycles. The molecule has 0 unspecified atom stereocenters. The summed E-state index contributed by atoms with van der Waals surface area (Å²) in [7, 11) is 0. The molecule has 3 nitrogen and oxygen atoms in total. The number of aromatic nitrogens is 2. The fourth-order valence-corrected chi connectivity index (χ4v) is 3.63. The van der Waals surface area contributed by atoms with Crippen LogP contribution < -0.4 is 17.0 Å². The van der Waals surface area contributed by atoms with Crippen molar-refractivity contribution in [3.8, 4) is 11.4 Å². The molecule has 0 spiro atoms. The van der Waals surface area contributed by atoms with Gasteiger partial charge in [0.15, 0.2) is 6.73 Å². The molecule has 28 heavy (non-hydrogen) atoms. The van der Waals surface area contributed by atoms with E-state index in [-0.39, 0.29) is 12.4 Å². The number of rotatable bonds is 15. The zero-order valence-corrected chi connectivity index (χ0v) is 18.7. The molecule has 0 aliphatic carbocycles. The largest absolute Gasteiger partial charge is 1.00 e. The molecule has 158 valence electrons. The number of ether oxygens (including phenoxy) is 1. The number of benzene rings is 1. The van der Waals surface area contributed by atoms with Crippen LogP contribution in [0.25, 0.3) is 11.4 Å². The van der Waals surface area contributed by atoms with Crippen LogP contribution in [0.2, 0.25) is 0 Å². The first-order valence-electron chi connectivity index (χ1n) is 11.1. The van der Waals surface area contributed by atoms with Gasteiger partial charge in [0, 0.05) is 6.61 Å². The Labute approximate surface area is 178 Å². The SMILES string of the molecule is CCCCCCCCCCCCn1cc[n+](COCC)c1-c1ccccc1.[Cl-]. The van der Waals surface area contributed by atoms with Crippen LogP contribution in [0.4, 0.5) is 0 Å². The van der Waals surface area contributed by atoms with Gasteiger partial charge in [-0.15, -0.1) is 0 Å². The molecule has 1 heterocycles. The first-order chi connectivity index (χ1) is 13.4. The van der Waals surface area contributed by atoms with Crippen LogP contribution in [0.5, 0.6) is 0 Å². The molecule has 4 heteroatoms. The maximum Gasteiger partial charge on any atom is 0.290 e. The highest BCUT2D eigenvalue weighted by atomic mass is 35.5. The Hall–Kier alpha value is -1.32. The van der Waals surface area contributed by atoms with Crippen molar-refractivity contribution in [2.45, 2.75) is 91.3 Å². The lowest BCUT2D eigenvalue weighted by atomic mass is 10.1. The van der Waals surface area contributed by atoms with Gasteiger partial charge in [-0.3, -0.25) is 0 Å². The van der Waals surface area contributed by atoms with E-state index in [1.54, 1.807) is 0 Å². The maximum absolute atomic E-state index is 5.65. The molecule has 0 aliphatic rings. The molecule has 1 aromatic carbocycles. The first kappa shape index (κ1) is 24.7. The molecule has 0 fully saturated rings. The number of unbranched alkanes of at least 4 members (excludes halogenated alkanes) is 9. The number of halogens is 1. The lowest BCUT2D eigenvalue weighted by Crippen LogP contribution is -3.00. The van der Waals surface area contributed by atoms with Gasteiger partial charge >= 0.3 is 0 Å². The highest BCUT2D eigenvalue weighted by Crippen LogP contribution is 2.17. The summed E-state index contributed by atoms with van der Waals surface area (Å²) in [4.78, 5) is 0. The Morgan fingerprint density at radius 2 is 1.43 bits per heavy atom. The van der Waals surface area contributed by atoms with Gasteiger partial charge in [-0.05, 0) is 31.9 Å². The van der Waals surface area contributed by atoms with Gasteiger partial charge in [0.2, 0.25) is 0 Å². The molecule has 0 atom stereocenters. The Balaban J connectivity index is 0.00000392. The van der Waals surface area contributed by atoms with Crippen LogP contribution in [0.1, 0.15) is 78.1 Å². The van der Waals surface area contributed by atoms with E-state index in [0.29, 0.717) is 6.73 Å². The second-order valence-electron chi connectivity index (χ2n) is 7.45. The summed E-state index contributed by atoms with van der Waals surface area (Å²) in [6.45, 7) is 6.77. The monoisotopic (exact) mass is 406 g/mol. The summed E-state index contributed by atoms with van der Waals surface area (Å²) in [6, 6.07) is 10.7. The van der Waals surface area contributed by atoms with Crippen molar-refractivity contribution in [2.24, 2.45) is 0 Å². The van der Waals surface area contributed by atoms with Crippen LogP contribution in [0, 0.1) is 0 Å². The van der Waals surface area contributed by atoms with E-state index >= 15 is 0 Å². The van der Waals surface area contributed by atoms with Crippen LogP contribution in [-0.2, 0) is 18.0 Å². The number of hydrogen-bond acceptors (Lipinski definition) is 1. The van der Waals surface area contributed by atoms with Crippen molar-refractivity contribution in [3.05, 3.63) is 42.7 Å². The summed E-state index contributed by atoms with van der Waals surface area (Å²) in [5, 5.41) is 0. The quantitative estimate of drug-likeness (QED) is 0.327. The van der Waals surface area contributed by atoms with Crippen molar-refractivity contribution in [2.75, 3.05) is 6.61 Å². The van der Waals surface area contributed by atoms with Gasteiger partial charge in [-0.1, -0.05) is 76.5 Å². The predicted octanol–water partition coefficient (Wildman–Crippen LogP) is 3.36. The van der Waals surface area contributed by atoms with Crippen molar-refractivity contribution >= 4 is 0 Å². The van der Waals surface area contributed by atoms with Gasteiger partial charge in [0.1, 0.15) is 12.4 Å². The fourth-order valence-electron chi connectivity index (χ4n) is 3.63. The van der Waals surface area contributed by atoms with Crippen molar-refractivity contribution in [1.82, 2.24) is 4.57 Å². The third kappa shape index (κ3) is 8.79. The molecule has 0 amide bonds. The second-order valence-corrected chi connectivity index (χ2v) is 7.45. The van der Waals surface area contributed by atoms with Crippen LogP contribution in [-0.4, -0.2) is 11.2 Å². The highest BCUT2D eigenvalue weighted by molar-refractivity contribution is 5.52. The van der Waals surface area contributed by atoms with Crippen LogP contribution in [0.15, 0.2) is 42.7 Å². The van der Waals surface area contributed by atoms with Crippen molar-refractivity contribution < 1.29 is 21.7 Å². The molecular weight excluding hydrogens is 368 g/mol. The van der Waals surface area contributed by atoms with Gasteiger partial charge < -0.3 is 17.1 Å². The number of hydrogen-bond donors (Lipinski definition) is 0. The topological polar surface area (TPSA) is 18.0 Å². The molecule has 0 bridgehead atoms. The van der Waals surface area contributed by atoms with E-state index in [0.717, 1.165) is 13.2 Å². The predicted molar refractivity (Wildman–Crippen MR) is 114 cm³/mol. The zero-order chi connectivity index (χ0) is 19.2. The molecule has 0 radical (unpaired) electrons. The summed E-state index contributed by atoms with van der Waals surface area (Å²) < 4.78 is 10.3. The highest BCUT2D eigenvalue weighted by Gasteiger charge is 2.18. The van der Waals surface area contributed by atoms with E-state index in [2.05, 4.69) is 58.8 Å². The minimum Gasteiger partial charge on any atom is -1.00 e. The normalized spacial score (nSPS) is 10.8. The molecule has 0 saturated carbocycles. The molecule has 1 aromatic heterocycles. The average molecular weight is 407 g/mol. The Bertz CT molecular complexity index is 612. The zero-order valence-electron chi connectivity index (χ0n) is 17.9. The molecular formula is C24H39ClN2O.